The van der Waals surface area contributed by atoms with Crippen molar-refractivity contribution in [3.8, 4) is 0 Å². The number of nitrogens with one attached hydrogen (secondary N) is 1. The minimum atomic E-state index is -3.23. The van der Waals surface area contributed by atoms with Crippen LogP contribution < -0.4 is 4.72 Å². The van der Waals surface area contributed by atoms with Crippen molar-refractivity contribution in [3.63, 3.8) is 0 Å². The summed E-state index contributed by atoms with van der Waals surface area (Å²) in [4.78, 5) is 4.35. The van der Waals surface area contributed by atoms with E-state index < -0.39 is 10.0 Å². The van der Waals surface area contributed by atoms with Crippen molar-refractivity contribution in [2.45, 2.75) is 81.5 Å². The maximum Gasteiger partial charge on any atom is 0.208 e. The van der Waals surface area contributed by atoms with E-state index >= 15 is 0 Å². The molecule has 3 fully saturated rings. The summed E-state index contributed by atoms with van der Waals surface area (Å²) in [5, 5.41) is 2.46. The number of aromatic nitrogens is 1. The third-order valence-electron chi connectivity index (χ3n) is 10.1. The predicted octanol–water partition coefficient (Wildman–Crippen LogP) is 5.39. The van der Waals surface area contributed by atoms with Crippen LogP contribution >= 0.6 is 0 Å². The van der Waals surface area contributed by atoms with Crippen molar-refractivity contribution in [1.82, 2.24) is 9.71 Å². The number of hydrogen-bond donors (Lipinski definition) is 1. The third kappa shape index (κ3) is 3.19. The molecule has 6 heteroatoms. The van der Waals surface area contributed by atoms with Crippen molar-refractivity contribution in [3.05, 3.63) is 65.5 Å². The highest BCUT2D eigenvalue weighted by molar-refractivity contribution is 7.88. The van der Waals surface area contributed by atoms with Gasteiger partial charge in [0.05, 0.1) is 17.5 Å². The van der Waals surface area contributed by atoms with Gasteiger partial charge in [0, 0.05) is 23.8 Å². The zero-order valence-corrected chi connectivity index (χ0v) is 21.4. The first kappa shape index (κ1) is 22.2. The normalized spacial score (nSPS) is 40.0. The van der Waals surface area contributed by atoms with E-state index in [1.807, 2.05) is 12.4 Å². The van der Waals surface area contributed by atoms with Gasteiger partial charge >= 0.3 is 0 Å². The molecule has 2 bridgehead atoms. The summed E-state index contributed by atoms with van der Waals surface area (Å²) in [7, 11) is -3.23. The molecule has 7 rings (SSSR count). The molecule has 5 nitrogen and oxygen atoms in total. The van der Waals surface area contributed by atoms with Crippen LogP contribution in [0.2, 0.25) is 0 Å². The fourth-order valence-electron chi connectivity index (χ4n) is 8.68. The molecule has 2 aliphatic heterocycles. The Bertz CT molecular complexity index is 1400. The van der Waals surface area contributed by atoms with E-state index in [0.717, 1.165) is 38.5 Å². The Kier molecular flexibility index (Phi) is 4.61. The molecule has 2 aromatic rings. The number of nitrogens with zero attached hydrogens (tertiary/aromatic N) is 1. The lowest BCUT2D eigenvalue weighted by molar-refractivity contribution is -0.135. The Morgan fingerprint density at radius 3 is 2.86 bits per heavy atom. The first-order chi connectivity index (χ1) is 16.7. The number of fused-ring (bicyclic) bond motifs is 2. The Morgan fingerprint density at radius 1 is 1.11 bits per heavy atom. The monoisotopic (exact) mass is 490 g/mol. The van der Waals surface area contributed by atoms with Crippen LogP contribution in [0.4, 0.5) is 0 Å². The second kappa shape index (κ2) is 7.27. The first-order valence-electron chi connectivity index (χ1n) is 13.1. The summed E-state index contributed by atoms with van der Waals surface area (Å²) in [6.07, 6.45) is 18.1. The summed E-state index contributed by atoms with van der Waals surface area (Å²) in [6.45, 7) is 2.49. The van der Waals surface area contributed by atoms with Crippen LogP contribution in [0.15, 0.2) is 60.0 Å². The van der Waals surface area contributed by atoms with E-state index in [-0.39, 0.29) is 22.7 Å². The zero-order valence-electron chi connectivity index (χ0n) is 20.6. The smallest absolute Gasteiger partial charge is 0.208 e. The number of pyridine rings is 1. The van der Waals surface area contributed by atoms with E-state index in [1.165, 1.54) is 46.6 Å². The predicted molar refractivity (Wildman–Crippen MR) is 137 cm³/mol. The van der Waals surface area contributed by atoms with Gasteiger partial charge in [-0.2, -0.15) is 0 Å². The fraction of sp³-hybridized carbons (Fsp3) is 0.552. The second-order valence-corrected chi connectivity index (χ2v) is 13.8. The van der Waals surface area contributed by atoms with Crippen LogP contribution in [0, 0.1) is 11.3 Å². The van der Waals surface area contributed by atoms with Crippen LogP contribution in [-0.2, 0) is 14.8 Å². The molecule has 1 N–H and O–H groups in total. The third-order valence-corrected chi connectivity index (χ3v) is 10.9. The number of ether oxygens (including phenoxy) is 1. The van der Waals surface area contributed by atoms with Crippen LogP contribution in [-0.4, -0.2) is 36.9 Å². The molecular formula is C29H34N2O3S. The topological polar surface area (TPSA) is 68.3 Å². The van der Waals surface area contributed by atoms with Gasteiger partial charge in [-0.15, -0.1) is 0 Å². The summed E-state index contributed by atoms with van der Waals surface area (Å²) < 4.78 is 34.1. The summed E-state index contributed by atoms with van der Waals surface area (Å²) in [6, 6.07) is 8.98. The van der Waals surface area contributed by atoms with Crippen LogP contribution in [0.1, 0.15) is 69.8 Å². The van der Waals surface area contributed by atoms with Crippen LogP contribution in [0.5, 0.6) is 0 Å². The maximum atomic E-state index is 12.0. The number of rotatable bonds is 3. The molecule has 3 heterocycles. The van der Waals surface area contributed by atoms with Gasteiger partial charge in [0.2, 0.25) is 10.0 Å². The summed E-state index contributed by atoms with van der Waals surface area (Å²) in [5.74, 6) is 0.978. The average Bonchev–Trinajstić information content (AvgIpc) is 3.33. The lowest BCUT2D eigenvalue weighted by atomic mass is 9.58. The molecule has 0 radical (unpaired) electrons. The van der Waals surface area contributed by atoms with E-state index in [2.05, 4.69) is 53.0 Å². The lowest BCUT2D eigenvalue weighted by Gasteiger charge is -2.54. The minimum Gasteiger partial charge on any atom is -0.359 e. The van der Waals surface area contributed by atoms with Crippen molar-refractivity contribution in [2.24, 2.45) is 11.3 Å². The highest BCUT2D eigenvalue weighted by Crippen LogP contribution is 2.69. The Balaban J connectivity index is 1.24. The fourth-order valence-corrected chi connectivity index (χ4v) is 9.49. The molecule has 2 unspecified atom stereocenters. The van der Waals surface area contributed by atoms with Crippen molar-refractivity contribution in [1.29, 1.82) is 0 Å². The largest absolute Gasteiger partial charge is 0.359 e. The summed E-state index contributed by atoms with van der Waals surface area (Å²) >= 11 is 0. The van der Waals surface area contributed by atoms with E-state index in [1.54, 1.807) is 0 Å². The van der Waals surface area contributed by atoms with Gasteiger partial charge in [0.15, 0.2) is 0 Å². The Hall–Kier alpha value is -2.02. The molecule has 35 heavy (non-hydrogen) atoms. The minimum absolute atomic E-state index is 0.0414. The Morgan fingerprint density at radius 2 is 2.00 bits per heavy atom. The van der Waals surface area contributed by atoms with Crippen LogP contribution in [0.3, 0.4) is 0 Å². The first-order valence-corrected chi connectivity index (χ1v) is 15.0. The molecule has 2 spiro atoms. The molecule has 0 amide bonds. The van der Waals surface area contributed by atoms with E-state index in [4.69, 9.17) is 4.74 Å². The number of benzene rings is 1. The molecular weight excluding hydrogens is 456 g/mol. The van der Waals surface area contributed by atoms with Crippen molar-refractivity contribution in [2.75, 3.05) is 6.26 Å². The number of hydrogen-bond acceptors (Lipinski definition) is 4. The van der Waals surface area contributed by atoms with Gasteiger partial charge in [-0.3, -0.25) is 4.98 Å². The molecule has 1 saturated heterocycles. The maximum absolute atomic E-state index is 12.0. The van der Waals surface area contributed by atoms with Crippen LogP contribution in [0.25, 0.3) is 10.8 Å². The second-order valence-electron chi connectivity index (χ2n) is 12.0. The van der Waals surface area contributed by atoms with Gasteiger partial charge < -0.3 is 4.74 Å². The zero-order chi connectivity index (χ0) is 24.1. The standard InChI is InChI=1S/C29H34N2O3S/c1-27-11-9-23-16-22-5-6-24(31-35(2,32)33)17-28(22)12-13-29(23,34-28)26(27)8-7-25(27)20-4-3-19-10-14-30-18-21(19)15-20/h3-4,9-10,14-16,18,24-26,31H,5-8,11-13,17H2,1-2H3/t24?,25?,26-,27-,28-,29-/m1/s1. The molecule has 3 aliphatic carbocycles. The highest BCUT2D eigenvalue weighted by Gasteiger charge is 2.66. The highest BCUT2D eigenvalue weighted by atomic mass is 32.2. The van der Waals surface area contributed by atoms with Crippen molar-refractivity contribution < 1.29 is 13.2 Å². The molecule has 2 saturated carbocycles. The number of allylic oxidation sites excluding steroid dienone is 1. The summed E-state index contributed by atoms with van der Waals surface area (Å²) in [5.41, 5.74) is 3.85. The molecule has 184 valence electrons. The van der Waals surface area contributed by atoms with Crippen molar-refractivity contribution >= 4 is 20.8 Å². The van der Waals surface area contributed by atoms with E-state index in [9.17, 15) is 8.42 Å². The van der Waals surface area contributed by atoms with Gasteiger partial charge in [-0.25, -0.2) is 13.1 Å². The Labute approximate surface area is 208 Å². The quantitative estimate of drug-likeness (QED) is 0.626. The average molecular weight is 491 g/mol. The SMILES string of the molecule is C[C@]12CC=C3C=C4CCC(NS(C)(=O)=O)C[C@]45CC[C@]3(O5)[C@@H]1CCC2c1ccc2ccncc2c1. The lowest BCUT2D eigenvalue weighted by Crippen LogP contribution is -2.55. The molecule has 1 aromatic heterocycles. The number of sulfonamides is 1. The van der Waals surface area contributed by atoms with Gasteiger partial charge in [-0.05, 0) is 103 Å². The molecule has 5 aliphatic rings. The molecule has 6 atom stereocenters. The van der Waals surface area contributed by atoms with Gasteiger partial charge in [-0.1, -0.05) is 31.2 Å². The van der Waals surface area contributed by atoms with Gasteiger partial charge in [0.1, 0.15) is 0 Å². The van der Waals surface area contributed by atoms with E-state index in [0.29, 0.717) is 11.8 Å². The van der Waals surface area contributed by atoms with Gasteiger partial charge in [0.25, 0.3) is 0 Å². The molecule has 1 aromatic carbocycles.